The molecule has 0 aliphatic heterocycles. The molecule has 21 heavy (non-hydrogen) atoms. The number of carbonyl (C=O) groups is 2. The van der Waals surface area contributed by atoms with E-state index < -0.39 is 6.04 Å². The van der Waals surface area contributed by atoms with Crippen LogP contribution in [0, 0.1) is 0 Å². The van der Waals surface area contributed by atoms with Crippen LogP contribution in [0.5, 0.6) is 0 Å². The van der Waals surface area contributed by atoms with E-state index in [4.69, 9.17) is 15.0 Å². The van der Waals surface area contributed by atoms with Crippen LogP contribution in [0.15, 0.2) is 5.11 Å². The molecule has 0 heterocycles. The van der Waals surface area contributed by atoms with Crippen LogP contribution in [0.2, 0.25) is 0 Å². The molecule has 0 bridgehead atoms. The zero-order valence-corrected chi connectivity index (χ0v) is 12.9. The summed E-state index contributed by atoms with van der Waals surface area (Å²) in [6.07, 6.45) is 4.99. The van der Waals surface area contributed by atoms with E-state index in [0.29, 0.717) is 32.3 Å². The molecule has 0 aliphatic carbocycles. The lowest BCUT2D eigenvalue weighted by Crippen LogP contribution is -2.14. The van der Waals surface area contributed by atoms with Crippen molar-refractivity contribution in [2.24, 2.45) is 5.11 Å². The molecule has 0 N–H and O–H groups in total. The first-order valence-electron chi connectivity index (χ1n) is 7.31. The molecule has 0 aromatic carbocycles. The van der Waals surface area contributed by atoms with Crippen molar-refractivity contribution in [2.75, 3.05) is 20.3 Å². The maximum Gasteiger partial charge on any atom is 0.305 e. The lowest BCUT2D eigenvalue weighted by molar-refractivity contribution is -0.144. The SMILES string of the molecule is COCCCCCC(=O)OCCCC[C@@H](N=[N+]=[N-])C(C)=O. The molecule has 0 saturated heterocycles. The van der Waals surface area contributed by atoms with Crippen molar-refractivity contribution in [3.8, 4) is 0 Å². The van der Waals surface area contributed by atoms with Crippen LogP contribution in [0.4, 0.5) is 0 Å². The van der Waals surface area contributed by atoms with Crippen molar-refractivity contribution in [3.63, 3.8) is 0 Å². The molecule has 0 saturated carbocycles. The number of hydrogen-bond donors (Lipinski definition) is 0. The van der Waals surface area contributed by atoms with Crippen molar-refractivity contribution in [2.45, 2.75) is 57.9 Å². The van der Waals surface area contributed by atoms with Gasteiger partial charge in [-0.15, -0.1) is 0 Å². The number of ketones is 1. The smallest absolute Gasteiger partial charge is 0.305 e. The Hall–Kier alpha value is -1.59. The van der Waals surface area contributed by atoms with Gasteiger partial charge in [0.2, 0.25) is 0 Å². The summed E-state index contributed by atoms with van der Waals surface area (Å²) < 4.78 is 10.0. The lowest BCUT2D eigenvalue weighted by Gasteiger charge is -2.07. The highest BCUT2D eigenvalue weighted by atomic mass is 16.5. The van der Waals surface area contributed by atoms with Gasteiger partial charge >= 0.3 is 5.97 Å². The summed E-state index contributed by atoms with van der Waals surface area (Å²) in [5.41, 5.74) is 8.33. The quantitative estimate of drug-likeness (QED) is 0.171. The average Bonchev–Trinajstić information content (AvgIpc) is 2.45. The highest BCUT2D eigenvalue weighted by Crippen LogP contribution is 2.07. The van der Waals surface area contributed by atoms with Gasteiger partial charge in [0.25, 0.3) is 0 Å². The van der Waals surface area contributed by atoms with Gasteiger partial charge in [0.15, 0.2) is 0 Å². The molecule has 7 nitrogen and oxygen atoms in total. The second kappa shape index (κ2) is 13.4. The maximum atomic E-state index is 11.4. The minimum Gasteiger partial charge on any atom is -0.466 e. The third-order valence-corrected chi connectivity index (χ3v) is 3.02. The molecule has 1 atom stereocenters. The monoisotopic (exact) mass is 299 g/mol. The van der Waals surface area contributed by atoms with Crippen molar-refractivity contribution < 1.29 is 19.1 Å². The predicted molar refractivity (Wildman–Crippen MR) is 78.8 cm³/mol. The number of ether oxygens (including phenoxy) is 2. The molecular formula is C14H25N3O4. The number of hydrogen-bond acceptors (Lipinski definition) is 5. The molecule has 0 unspecified atom stereocenters. The van der Waals surface area contributed by atoms with Crippen LogP contribution >= 0.6 is 0 Å². The first-order valence-corrected chi connectivity index (χ1v) is 7.31. The van der Waals surface area contributed by atoms with Crippen molar-refractivity contribution >= 4 is 11.8 Å². The van der Waals surface area contributed by atoms with E-state index in [1.165, 1.54) is 6.92 Å². The van der Waals surface area contributed by atoms with E-state index in [1.807, 2.05) is 0 Å². The zero-order valence-electron chi connectivity index (χ0n) is 12.9. The molecule has 0 fully saturated rings. The Labute approximate surface area is 125 Å². The summed E-state index contributed by atoms with van der Waals surface area (Å²) in [5.74, 6) is -0.327. The molecule has 120 valence electrons. The number of Topliss-reactive ketones (excluding diaryl/α,β-unsaturated/α-hetero) is 1. The highest BCUT2D eigenvalue weighted by Gasteiger charge is 2.11. The van der Waals surface area contributed by atoms with Gasteiger partial charge in [-0.2, -0.15) is 0 Å². The van der Waals surface area contributed by atoms with Crippen LogP contribution in [0.25, 0.3) is 10.4 Å². The summed E-state index contributed by atoms with van der Waals surface area (Å²) in [6.45, 7) is 2.47. The Kier molecular flexibility index (Phi) is 12.4. The molecule has 0 rings (SSSR count). The van der Waals surface area contributed by atoms with E-state index in [-0.39, 0.29) is 11.8 Å². The zero-order chi connectivity index (χ0) is 15.9. The van der Waals surface area contributed by atoms with Crippen molar-refractivity contribution in [1.82, 2.24) is 0 Å². The van der Waals surface area contributed by atoms with Crippen LogP contribution in [-0.2, 0) is 19.1 Å². The molecular weight excluding hydrogens is 274 g/mol. The van der Waals surface area contributed by atoms with Gasteiger partial charge in [0.05, 0.1) is 12.6 Å². The second-order valence-electron chi connectivity index (χ2n) is 4.85. The number of methoxy groups -OCH3 is 1. The van der Waals surface area contributed by atoms with Crippen LogP contribution < -0.4 is 0 Å². The van der Waals surface area contributed by atoms with Gasteiger partial charge in [-0.1, -0.05) is 11.5 Å². The Balaban J connectivity index is 3.55. The number of nitrogens with zero attached hydrogens (tertiary/aromatic N) is 3. The molecule has 0 aromatic rings. The molecule has 0 amide bonds. The fraction of sp³-hybridized carbons (Fsp3) is 0.857. The molecule has 0 aliphatic rings. The summed E-state index contributed by atoms with van der Waals surface area (Å²) in [6, 6.07) is -0.605. The molecule has 0 radical (unpaired) electrons. The fourth-order valence-electron chi connectivity index (χ4n) is 1.80. The minimum atomic E-state index is -0.605. The van der Waals surface area contributed by atoms with Crippen molar-refractivity contribution in [1.29, 1.82) is 0 Å². The van der Waals surface area contributed by atoms with Gasteiger partial charge in [-0.3, -0.25) is 9.59 Å². The van der Waals surface area contributed by atoms with Crippen LogP contribution in [0.3, 0.4) is 0 Å². The molecule has 0 aromatic heterocycles. The summed E-state index contributed by atoms with van der Waals surface area (Å²) >= 11 is 0. The van der Waals surface area contributed by atoms with E-state index in [2.05, 4.69) is 10.0 Å². The molecule has 0 spiro atoms. The second-order valence-corrected chi connectivity index (χ2v) is 4.85. The van der Waals surface area contributed by atoms with Gasteiger partial charge in [-0.25, -0.2) is 0 Å². The molecule has 7 heteroatoms. The third kappa shape index (κ3) is 11.9. The topological polar surface area (TPSA) is 101 Å². The van der Waals surface area contributed by atoms with E-state index in [9.17, 15) is 9.59 Å². The Bertz CT molecular complexity index is 352. The number of rotatable bonds is 13. The first-order chi connectivity index (χ1) is 10.1. The summed E-state index contributed by atoms with van der Waals surface area (Å²) in [5, 5.41) is 3.43. The Morgan fingerprint density at radius 1 is 1.14 bits per heavy atom. The fourth-order valence-corrected chi connectivity index (χ4v) is 1.80. The number of unbranched alkanes of at least 4 members (excludes halogenated alkanes) is 3. The average molecular weight is 299 g/mol. The van der Waals surface area contributed by atoms with Gasteiger partial charge < -0.3 is 9.47 Å². The first kappa shape index (κ1) is 19.4. The lowest BCUT2D eigenvalue weighted by atomic mass is 10.1. The maximum absolute atomic E-state index is 11.4. The number of azide groups is 1. The summed E-state index contributed by atoms with van der Waals surface area (Å²) in [7, 11) is 1.66. The normalized spacial score (nSPS) is 11.5. The highest BCUT2D eigenvalue weighted by molar-refractivity contribution is 5.81. The predicted octanol–water partition coefficient (Wildman–Crippen LogP) is 3.17. The van der Waals surface area contributed by atoms with E-state index in [1.54, 1.807) is 7.11 Å². The van der Waals surface area contributed by atoms with Crippen LogP contribution in [0.1, 0.15) is 51.9 Å². The van der Waals surface area contributed by atoms with Gasteiger partial charge in [-0.05, 0) is 44.6 Å². The standard InChI is InChI=1S/C14H25N3O4/c1-12(18)13(16-17-15)8-5-7-11-21-14(19)9-4-3-6-10-20-2/h13H,3-11H2,1-2H3/t13-/m1/s1. The van der Waals surface area contributed by atoms with E-state index >= 15 is 0 Å². The third-order valence-electron chi connectivity index (χ3n) is 3.02. The largest absolute Gasteiger partial charge is 0.466 e. The number of carbonyl (C=O) groups excluding carboxylic acids is 2. The van der Waals surface area contributed by atoms with Crippen molar-refractivity contribution in [3.05, 3.63) is 10.4 Å². The van der Waals surface area contributed by atoms with E-state index in [0.717, 1.165) is 25.9 Å². The minimum absolute atomic E-state index is 0.138. The summed E-state index contributed by atoms with van der Waals surface area (Å²) in [4.78, 5) is 25.2. The Morgan fingerprint density at radius 3 is 2.48 bits per heavy atom. The van der Waals surface area contributed by atoms with Gasteiger partial charge in [0, 0.05) is 25.0 Å². The van der Waals surface area contributed by atoms with Crippen LogP contribution in [-0.4, -0.2) is 38.1 Å². The number of esters is 1. The van der Waals surface area contributed by atoms with Gasteiger partial charge in [0.1, 0.15) is 5.78 Å². The Morgan fingerprint density at radius 2 is 1.86 bits per heavy atom.